The van der Waals surface area contributed by atoms with Gasteiger partial charge in [0.25, 0.3) is 0 Å². The maximum atomic E-state index is 5.86. The smallest absolute Gasteiger partial charge is 0.0934 e. The van der Waals surface area contributed by atoms with Gasteiger partial charge in [-0.25, -0.2) is 0 Å². The lowest BCUT2D eigenvalue weighted by Gasteiger charge is -1.96. The van der Waals surface area contributed by atoms with Crippen molar-refractivity contribution in [3.05, 3.63) is 20.8 Å². The Hall–Kier alpha value is -0.0100. The number of thiophene rings is 1. The fourth-order valence-electron chi connectivity index (χ4n) is 1.52. The number of halogens is 1. The van der Waals surface area contributed by atoms with Gasteiger partial charge in [0.2, 0.25) is 0 Å². The maximum Gasteiger partial charge on any atom is 0.0934 e. The highest BCUT2D eigenvalue weighted by Gasteiger charge is 2.20. The number of aryl methyl sites for hydroxylation is 1. The van der Waals surface area contributed by atoms with Crippen LogP contribution in [0.5, 0.6) is 0 Å². The molecule has 1 heterocycles. The summed E-state index contributed by atoms with van der Waals surface area (Å²) in [6, 6.07) is 2.12. The summed E-state index contributed by atoms with van der Waals surface area (Å²) in [4.78, 5) is 1.51. The first-order valence-electron chi connectivity index (χ1n) is 3.55. The van der Waals surface area contributed by atoms with Crippen LogP contribution in [0.3, 0.4) is 0 Å². The molecule has 0 fully saturated rings. The van der Waals surface area contributed by atoms with Gasteiger partial charge in [0.1, 0.15) is 0 Å². The van der Waals surface area contributed by atoms with E-state index in [-0.39, 0.29) is 0 Å². The van der Waals surface area contributed by atoms with Crippen molar-refractivity contribution < 1.29 is 0 Å². The van der Waals surface area contributed by atoms with Crippen LogP contribution in [-0.4, -0.2) is 0 Å². The van der Waals surface area contributed by atoms with Gasteiger partial charge in [-0.2, -0.15) is 0 Å². The van der Waals surface area contributed by atoms with E-state index in [1.807, 2.05) is 0 Å². The van der Waals surface area contributed by atoms with Crippen LogP contribution in [0.15, 0.2) is 6.07 Å². The Morgan fingerprint density at radius 2 is 2.50 bits per heavy atom. The van der Waals surface area contributed by atoms with Crippen molar-refractivity contribution in [3.63, 3.8) is 0 Å². The summed E-state index contributed by atoms with van der Waals surface area (Å²) in [6.07, 6.45) is 2.56. The Morgan fingerprint density at radius 3 is 3.20 bits per heavy atom. The molecule has 0 saturated heterocycles. The molecule has 1 aliphatic rings. The first-order valence-corrected chi connectivity index (χ1v) is 4.75. The molecule has 54 valence electrons. The van der Waals surface area contributed by atoms with Gasteiger partial charge in [-0.15, -0.1) is 11.3 Å². The molecule has 0 aromatic carbocycles. The fraction of sp³-hybridized carbons (Fsp3) is 0.500. The molecule has 0 N–H and O–H groups in total. The molecule has 0 saturated carbocycles. The van der Waals surface area contributed by atoms with E-state index in [4.69, 9.17) is 11.6 Å². The SMILES string of the molecule is C[C@H]1CCc2sc(Cl)cc21. The van der Waals surface area contributed by atoms with Crippen LogP contribution >= 0.6 is 22.9 Å². The third-order valence-electron chi connectivity index (χ3n) is 2.15. The highest BCUT2D eigenvalue weighted by molar-refractivity contribution is 7.16. The van der Waals surface area contributed by atoms with E-state index in [2.05, 4.69) is 13.0 Å². The average molecular weight is 173 g/mol. The standard InChI is InChI=1S/C8H9ClS/c1-5-2-3-7-6(5)4-8(9)10-7/h4-5H,2-3H2,1H3/t5-/m0/s1. The van der Waals surface area contributed by atoms with Crippen molar-refractivity contribution >= 4 is 22.9 Å². The van der Waals surface area contributed by atoms with E-state index in [0.29, 0.717) is 0 Å². The number of fused-ring (bicyclic) bond motifs is 1. The minimum Gasteiger partial charge on any atom is -0.128 e. The minimum absolute atomic E-state index is 0.749. The predicted octanol–water partition coefficient (Wildman–Crippen LogP) is 3.45. The first kappa shape index (κ1) is 6.68. The number of hydrogen-bond donors (Lipinski definition) is 0. The molecule has 0 bridgehead atoms. The van der Waals surface area contributed by atoms with Crippen molar-refractivity contribution in [1.82, 2.24) is 0 Å². The molecular weight excluding hydrogens is 164 g/mol. The van der Waals surface area contributed by atoms with E-state index >= 15 is 0 Å². The maximum absolute atomic E-state index is 5.86. The summed E-state index contributed by atoms with van der Waals surface area (Å²) in [7, 11) is 0. The van der Waals surface area contributed by atoms with Gasteiger partial charge in [0.05, 0.1) is 4.34 Å². The van der Waals surface area contributed by atoms with Gasteiger partial charge in [0, 0.05) is 4.88 Å². The van der Waals surface area contributed by atoms with Crippen LogP contribution in [0.2, 0.25) is 4.34 Å². The van der Waals surface area contributed by atoms with Crippen LogP contribution in [0, 0.1) is 0 Å². The normalized spacial score (nSPS) is 23.2. The average Bonchev–Trinajstić information content (AvgIpc) is 2.35. The zero-order valence-corrected chi connectivity index (χ0v) is 7.43. The van der Waals surface area contributed by atoms with E-state index in [1.54, 1.807) is 11.3 Å². The Morgan fingerprint density at radius 1 is 1.70 bits per heavy atom. The summed E-state index contributed by atoms with van der Waals surface area (Å²) in [5, 5.41) is 0. The van der Waals surface area contributed by atoms with Gasteiger partial charge in [-0.1, -0.05) is 18.5 Å². The summed E-state index contributed by atoms with van der Waals surface area (Å²) < 4.78 is 0.955. The molecule has 1 atom stereocenters. The lowest BCUT2D eigenvalue weighted by molar-refractivity contribution is 0.747. The quantitative estimate of drug-likeness (QED) is 0.563. The van der Waals surface area contributed by atoms with Crippen molar-refractivity contribution in [3.8, 4) is 0 Å². The molecule has 0 spiro atoms. The molecule has 0 amide bonds. The Labute approximate surface area is 69.8 Å². The van der Waals surface area contributed by atoms with E-state index < -0.39 is 0 Å². The molecule has 2 heteroatoms. The number of rotatable bonds is 0. The molecule has 0 radical (unpaired) electrons. The molecule has 1 aliphatic carbocycles. The first-order chi connectivity index (χ1) is 4.77. The van der Waals surface area contributed by atoms with Crippen LogP contribution in [0.25, 0.3) is 0 Å². The number of hydrogen-bond acceptors (Lipinski definition) is 1. The van der Waals surface area contributed by atoms with Crippen molar-refractivity contribution in [2.75, 3.05) is 0 Å². The minimum atomic E-state index is 0.749. The van der Waals surface area contributed by atoms with E-state index in [9.17, 15) is 0 Å². The second-order valence-electron chi connectivity index (χ2n) is 2.87. The highest BCUT2D eigenvalue weighted by atomic mass is 35.5. The van der Waals surface area contributed by atoms with Crippen molar-refractivity contribution in [2.45, 2.75) is 25.7 Å². The van der Waals surface area contributed by atoms with Gasteiger partial charge in [-0.3, -0.25) is 0 Å². The molecule has 1 aromatic heterocycles. The van der Waals surface area contributed by atoms with Gasteiger partial charge < -0.3 is 0 Å². The zero-order chi connectivity index (χ0) is 7.14. The van der Waals surface area contributed by atoms with E-state index in [1.165, 1.54) is 23.3 Å². The molecule has 2 rings (SSSR count). The van der Waals surface area contributed by atoms with Gasteiger partial charge in [0.15, 0.2) is 0 Å². The van der Waals surface area contributed by atoms with Crippen LogP contribution in [-0.2, 0) is 6.42 Å². The van der Waals surface area contributed by atoms with Crippen LogP contribution in [0.4, 0.5) is 0 Å². The van der Waals surface area contributed by atoms with Gasteiger partial charge in [-0.05, 0) is 30.4 Å². The molecule has 0 aliphatic heterocycles. The monoisotopic (exact) mass is 172 g/mol. The van der Waals surface area contributed by atoms with Crippen molar-refractivity contribution in [2.24, 2.45) is 0 Å². The zero-order valence-electron chi connectivity index (χ0n) is 5.86. The molecule has 0 unspecified atom stereocenters. The van der Waals surface area contributed by atoms with Gasteiger partial charge >= 0.3 is 0 Å². The predicted molar refractivity (Wildman–Crippen MR) is 46.1 cm³/mol. The lowest BCUT2D eigenvalue weighted by Crippen LogP contribution is -1.80. The summed E-state index contributed by atoms with van der Waals surface area (Å²) >= 11 is 7.61. The second-order valence-corrected chi connectivity index (χ2v) is 4.64. The summed E-state index contributed by atoms with van der Waals surface area (Å²) in [5.41, 5.74) is 1.50. The van der Waals surface area contributed by atoms with Crippen LogP contribution < -0.4 is 0 Å². The Bertz CT molecular complexity index is 252. The lowest BCUT2D eigenvalue weighted by atomic mass is 10.1. The molecule has 1 aromatic rings. The third-order valence-corrected chi connectivity index (χ3v) is 3.49. The summed E-state index contributed by atoms with van der Waals surface area (Å²) in [5.74, 6) is 0.749. The Balaban J connectivity index is 2.49. The third kappa shape index (κ3) is 0.886. The highest BCUT2D eigenvalue weighted by Crippen LogP contribution is 2.39. The second kappa shape index (κ2) is 2.24. The summed E-state index contributed by atoms with van der Waals surface area (Å²) in [6.45, 7) is 2.27. The topological polar surface area (TPSA) is 0 Å². The molecular formula is C8H9ClS. The molecule has 0 nitrogen and oxygen atoms in total. The largest absolute Gasteiger partial charge is 0.128 e. The van der Waals surface area contributed by atoms with E-state index in [0.717, 1.165) is 10.3 Å². The van der Waals surface area contributed by atoms with Crippen molar-refractivity contribution in [1.29, 1.82) is 0 Å². The Kier molecular flexibility index (Phi) is 1.50. The fourth-order valence-corrected chi connectivity index (χ4v) is 2.94. The van der Waals surface area contributed by atoms with Crippen LogP contribution in [0.1, 0.15) is 29.7 Å². The molecule has 10 heavy (non-hydrogen) atoms.